The molecule has 7 aliphatic rings. The Hall–Kier alpha value is -2.69. The number of carbonyl (C=O) groups is 1. The van der Waals surface area contributed by atoms with Crippen LogP contribution in [0.5, 0.6) is 11.8 Å². The van der Waals surface area contributed by atoms with Crippen LogP contribution in [0, 0.1) is 56.7 Å². The Labute approximate surface area is 361 Å². The molecule has 1 saturated heterocycles. The van der Waals surface area contributed by atoms with Gasteiger partial charge in [0.05, 0.1) is 30.6 Å². The molecule has 0 unspecified atom stereocenters. The van der Waals surface area contributed by atoms with Crippen LogP contribution in [-0.4, -0.2) is 86.3 Å². The summed E-state index contributed by atoms with van der Waals surface area (Å²) < 4.78 is 35.4. The van der Waals surface area contributed by atoms with Gasteiger partial charge in [-0.1, -0.05) is 65.0 Å². The molecule has 2 heterocycles. The number of sulfone groups is 1. The molecule has 0 amide bonds. The molecule has 1 aromatic rings. The second kappa shape index (κ2) is 15.8. The lowest BCUT2D eigenvalue weighted by Crippen LogP contribution is -2.68. The zero-order valence-electron chi connectivity index (χ0n) is 37.9. The average Bonchev–Trinajstić information content (AvgIpc) is 3.59. The third-order valence-corrected chi connectivity index (χ3v) is 20.7. The second-order valence-corrected chi connectivity index (χ2v) is 24.2. The molecule has 0 bridgehead atoms. The van der Waals surface area contributed by atoms with Crippen molar-refractivity contribution >= 4 is 15.8 Å². The average molecular weight is 846 g/mol. The predicted octanol–water partition coefficient (Wildman–Crippen LogP) is 9.31. The number of nitrogens with one attached hydrogen (secondary N) is 1. The maximum absolute atomic E-state index is 12.8. The van der Waals surface area contributed by atoms with E-state index in [0.717, 1.165) is 25.9 Å². The molecule has 10 heteroatoms. The van der Waals surface area contributed by atoms with E-state index in [0.29, 0.717) is 91.8 Å². The van der Waals surface area contributed by atoms with E-state index in [1.54, 1.807) is 19.2 Å². The fourth-order valence-corrected chi connectivity index (χ4v) is 16.9. The number of nitrogens with zero attached hydrogens (tertiary/aromatic N) is 2. The standard InChI is InChI=1S/C50H75N3O6S/c1-34(2)36-16-23-50(51-27-28-53-29-32-60(56,57)33-30-53)25-24-47(6)38(43(36)50)12-13-40-46(5)19-17-37(45(3,4)39(46)18-20-48(40,47)7)35-14-21-49(22-15-35,44(54)55)26-31-59-42-11-9-10-41(52-42)58-8/h9-11,14,17,36,38-40,43,51H,1,12-13,15-16,18-33H2,2-8H3,(H,54,55)/t36-,38+,39-,40+,43+,46-,47+,48+,49+,50-/m0/s1. The van der Waals surface area contributed by atoms with Crippen molar-refractivity contribution in [3.8, 4) is 11.8 Å². The number of carboxylic acid groups (broad SMARTS) is 1. The Morgan fingerprint density at radius 2 is 1.68 bits per heavy atom. The van der Waals surface area contributed by atoms with E-state index in [-0.39, 0.29) is 27.2 Å². The van der Waals surface area contributed by atoms with Gasteiger partial charge in [0.25, 0.3) is 0 Å². The predicted molar refractivity (Wildman–Crippen MR) is 239 cm³/mol. The molecule has 10 atom stereocenters. The van der Waals surface area contributed by atoms with Gasteiger partial charge in [-0.25, -0.2) is 8.42 Å². The molecule has 2 N–H and O–H groups in total. The van der Waals surface area contributed by atoms with Gasteiger partial charge in [0, 0.05) is 43.9 Å². The number of aliphatic carboxylic acids is 1. The zero-order chi connectivity index (χ0) is 42.9. The van der Waals surface area contributed by atoms with Crippen molar-refractivity contribution in [3.63, 3.8) is 0 Å². The van der Waals surface area contributed by atoms with Gasteiger partial charge in [0.15, 0.2) is 9.84 Å². The number of ether oxygens (including phenoxy) is 2. The van der Waals surface area contributed by atoms with Crippen LogP contribution in [0.4, 0.5) is 0 Å². The van der Waals surface area contributed by atoms with E-state index in [4.69, 9.17) is 9.47 Å². The molecular weight excluding hydrogens is 771 g/mol. The van der Waals surface area contributed by atoms with E-state index in [1.165, 1.54) is 68.1 Å². The van der Waals surface area contributed by atoms with Crippen LogP contribution in [0.1, 0.15) is 125 Å². The number of aromatic nitrogens is 1. The Kier molecular flexibility index (Phi) is 11.6. The minimum Gasteiger partial charge on any atom is -0.481 e. The molecule has 6 aliphatic carbocycles. The summed E-state index contributed by atoms with van der Waals surface area (Å²) in [5.74, 6) is 3.81. The largest absolute Gasteiger partial charge is 0.481 e. The van der Waals surface area contributed by atoms with Crippen molar-refractivity contribution in [1.82, 2.24) is 15.2 Å². The number of pyridine rings is 1. The molecule has 0 radical (unpaired) electrons. The summed E-state index contributed by atoms with van der Waals surface area (Å²) in [6, 6.07) is 5.39. The Morgan fingerprint density at radius 1 is 0.933 bits per heavy atom. The molecule has 0 spiro atoms. The number of rotatable bonds is 12. The van der Waals surface area contributed by atoms with Crippen molar-refractivity contribution in [3.05, 3.63) is 53.6 Å². The minimum atomic E-state index is -2.88. The van der Waals surface area contributed by atoms with Gasteiger partial charge >= 0.3 is 5.97 Å². The molecule has 9 nitrogen and oxygen atoms in total. The van der Waals surface area contributed by atoms with Crippen LogP contribution < -0.4 is 14.8 Å². The molecule has 5 fully saturated rings. The Morgan fingerprint density at radius 3 is 2.37 bits per heavy atom. The monoisotopic (exact) mass is 846 g/mol. The van der Waals surface area contributed by atoms with Crippen molar-refractivity contribution in [2.45, 2.75) is 131 Å². The van der Waals surface area contributed by atoms with E-state index in [9.17, 15) is 18.3 Å². The van der Waals surface area contributed by atoms with Crippen LogP contribution in [-0.2, 0) is 14.6 Å². The van der Waals surface area contributed by atoms with Crippen molar-refractivity contribution < 1.29 is 27.8 Å². The van der Waals surface area contributed by atoms with Crippen LogP contribution in [0.3, 0.4) is 0 Å². The lowest BCUT2D eigenvalue weighted by molar-refractivity contribution is -0.221. The maximum Gasteiger partial charge on any atom is 0.310 e. The lowest BCUT2D eigenvalue weighted by Gasteiger charge is -2.72. The van der Waals surface area contributed by atoms with Crippen LogP contribution in [0.2, 0.25) is 0 Å². The van der Waals surface area contributed by atoms with Gasteiger partial charge in [-0.05, 0) is 153 Å². The number of hydrogen-bond acceptors (Lipinski definition) is 8. The maximum atomic E-state index is 12.8. The lowest BCUT2D eigenvalue weighted by atomic mass is 9.33. The summed E-state index contributed by atoms with van der Waals surface area (Å²) >= 11 is 0. The number of carboxylic acids is 1. The van der Waals surface area contributed by atoms with Gasteiger partial charge in [0.1, 0.15) is 0 Å². The van der Waals surface area contributed by atoms with Gasteiger partial charge in [-0.2, -0.15) is 4.98 Å². The Bertz CT molecular complexity index is 2000. The minimum absolute atomic E-state index is 0.00294. The Balaban J connectivity index is 0.985. The molecule has 60 heavy (non-hydrogen) atoms. The summed E-state index contributed by atoms with van der Waals surface area (Å²) in [5.41, 5.74) is 4.21. The van der Waals surface area contributed by atoms with Gasteiger partial charge in [0.2, 0.25) is 11.8 Å². The molecule has 8 rings (SSSR count). The van der Waals surface area contributed by atoms with Crippen LogP contribution >= 0.6 is 0 Å². The third-order valence-electron chi connectivity index (χ3n) is 19.1. The number of fused-ring (bicyclic) bond motifs is 7. The molecular formula is C50H75N3O6S. The first-order valence-electron chi connectivity index (χ1n) is 23.4. The topological polar surface area (TPSA) is 118 Å². The number of hydrogen-bond donors (Lipinski definition) is 2. The van der Waals surface area contributed by atoms with E-state index in [1.807, 2.05) is 6.07 Å². The molecule has 4 saturated carbocycles. The van der Waals surface area contributed by atoms with Crippen molar-refractivity contribution in [2.75, 3.05) is 51.4 Å². The smallest absolute Gasteiger partial charge is 0.310 e. The zero-order valence-corrected chi connectivity index (χ0v) is 38.7. The summed E-state index contributed by atoms with van der Waals surface area (Å²) in [4.78, 5) is 19.5. The van der Waals surface area contributed by atoms with Gasteiger partial charge in [-0.15, -0.1) is 0 Å². The van der Waals surface area contributed by atoms with E-state index >= 15 is 0 Å². The molecule has 1 aliphatic heterocycles. The number of allylic oxidation sites excluding steroid dienone is 5. The highest BCUT2D eigenvalue weighted by Gasteiger charge is 2.70. The normalized spacial score (nSPS) is 40.8. The highest BCUT2D eigenvalue weighted by Crippen LogP contribution is 2.76. The van der Waals surface area contributed by atoms with Crippen molar-refractivity contribution in [2.24, 2.45) is 56.7 Å². The highest BCUT2D eigenvalue weighted by molar-refractivity contribution is 7.91. The highest BCUT2D eigenvalue weighted by atomic mass is 32.2. The SMILES string of the molecule is C=C(C)[C@@H]1CC[C@]2(NCCN3CCS(=O)(=O)CC3)CC[C@]3(C)[C@H](CC[C@@H]4[C@@]5(C)CC=C(C6=CC[C@@](CCOc7cccc(OC)n7)(C(=O)O)CC6)C(C)(C)[C@@H]5CC[C@]43C)[C@@H]12. The summed E-state index contributed by atoms with van der Waals surface area (Å²) in [5, 5.41) is 14.8. The molecule has 0 aromatic carbocycles. The molecule has 1 aromatic heterocycles. The summed E-state index contributed by atoms with van der Waals surface area (Å²) in [6.07, 6.45) is 18.4. The first-order chi connectivity index (χ1) is 28.3. The fraction of sp³-hybridized carbons (Fsp3) is 0.760. The fourth-order valence-electron chi connectivity index (χ4n) is 15.7. The quantitative estimate of drug-likeness (QED) is 0.199. The number of methoxy groups -OCH3 is 1. The molecule has 332 valence electrons. The van der Waals surface area contributed by atoms with Gasteiger partial charge in [-0.3, -0.25) is 4.79 Å². The summed E-state index contributed by atoms with van der Waals surface area (Å²) in [6.45, 7) is 23.5. The first kappa shape index (κ1) is 43.9. The second-order valence-electron chi connectivity index (χ2n) is 21.9. The van der Waals surface area contributed by atoms with E-state index in [2.05, 4.69) is 75.5 Å². The van der Waals surface area contributed by atoms with E-state index < -0.39 is 21.2 Å². The van der Waals surface area contributed by atoms with Crippen LogP contribution in [0.15, 0.2) is 53.6 Å². The van der Waals surface area contributed by atoms with Crippen LogP contribution in [0.25, 0.3) is 0 Å². The third kappa shape index (κ3) is 7.22. The summed E-state index contributed by atoms with van der Waals surface area (Å²) in [7, 11) is -1.30. The van der Waals surface area contributed by atoms with Gasteiger partial charge < -0.3 is 24.8 Å². The first-order valence-corrected chi connectivity index (χ1v) is 25.3. The van der Waals surface area contributed by atoms with Crippen molar-refractivity contribution in [1.29, 1.82) is 0 Å².